The molecule has 0 radical (unpaired) electrons. The molecule has 20 heavy (non-hydrogen) atoms. The molecule has 1 aromatic heterocycles. The number of nitrogens with zero attached hydrogens (tertiary/aromatic N) is 1. The highest BCUT2D eigenvalue weighted by Gasteiger charge is 2.25. The normalized spacial score (nSPS) is 10.8. The molecule has 0 saturated carbocycles. The second-order valence-electron chi connectivity index (χ2n) is 3.83. The van der Waals surface area contributed by atoms with Gasteiger partial charge in [-0.1, -0.05) is 22.9 Å². The molecule has 1 heterocycles. The van der Waals surface area contributed by atoms with E-state index in [9.17, 15) is 0 Å². The van der Waals surface area contributed by atoms with Gasteiger partial charge in [0.1, 0.15) is 10.5 Å². The molecule has 0 aliphatic carbocycles. The van der Waals surface area contributed by atoms with Gasteiger partial charge in [0.15, 0.2) is 16.6 Å². The molecule has 2 N–H and O–H groups in total. The van der Waals surface area contributed by atoms with Crippen LogP contribution in [0, 0.1) is 0 Å². The average molecular weight is 317 g/mol. The number of nitrogens with two attached hydrogens (primary N) is 1. The predicted molar refractivity (Wildman–Crippen MR) is 82.5 cm³/mol. The maximum atomic E-state index is 6.40. The van der Waals surface area contributed by atoms with E-state index in [1.807, 2.05) is 20.8 Å². The first-order chi connectivity index (χ1) is 9.63. The van der Waals surface area contributed by atoms with Crippen molar-refractivity contribution in [3.63, 3.8) is 0 Å². The summed E-state index contributed by atoms with van der Waals surface area (Å²) in [4.78, 5) is 4.29. The van der Waals surface area contributed by atoms with Gasteiger partial charge in [-0.15, -0.1) is 0 Å². The summed E-state index contributed by atoms with van der Waals surface area (Å²) in [7, 11) is 0. The van der Waals surface area contributed by atoms with E-state index in [-0.39, 0.29) is 0 Å². The molecule has 0 spiro atoms. The number of benzene rings is 1. The zero-order valence-corrected chi connectivity index (χ0v) is 13.2. The number of anilines is 1. The number of aromatic nitrogens is 1. The van der Waals surface area contributed by atoms with Gasteiger partial charge in [0.05, 0.1) is 24.5 Å². The number of fused-ring (bicyclic) bond motifs is 1. The summed E-state index contributed by atoms with van der Waals surface area (Å²) in [5.74, 6) is 1.50. The summed E-state index contributed by atoms with van der Waals surface area (Å²) in [6, 6.07) is 0. The molecule has 7 heteroatoms. The Morgan fingerprint density at radius 1 is 1.00 bits per heavy atom. The van der Waals surface area contributed by atoms with Crippen molar-refractivity contribution < 1.29 is 14.2 Å². The van der Waals surface area contributed by atoms with Crippen LogP contribution in [0.1, 0.15) is 20.8 Å². The summed E-state index contributed by atoms with van der Waals surface area (Å²) < 4.78 is 17.7. The SMILES string of the molecule is CCOc1c(OCC)c(Cl)c2sc(N)nc2c1OCC. The van der Waals surface area contributed by atoms with Gasteiger partial charge in [-0.05, 0) is 20.8 Å². The lowest BCUT2D eigenvalue weighted by atomic mass is 10.2. The topological polar surface area (TPSA) is 66.6 Å². The van der Waals surface area contributed by atoms with E-state index in [1.165, 1.54) is 11.3 Å². The van der Waals surface area contributed by atoms with Crippen molar-refractivity contribution in [1.29, 1.82) is 0 Å². The summed E-state index contributed by atoms with van der Waals surface area (Å²) in [5, 5.41) is 0.891. The van der Waals surface area contributed by atoms with Crippen LogP contribution in [-0.2, 0) is 0 Å². The maximum absolute atomic E-state index is 6.40. The van der Waals surface area contributed by atoms with E-state index in [0.29, 0.717) is 52.7 Å². The molecule has 110 valence electrons. The van der Waals surface area contributed by atoms with Crippen LogP contribution < -0.4 is 19.9 Å². The van der Waals surface area contributed by atoms with Gasteiger partial charge >= 0.3 is 0 Å². The molecule has 1 aromatic carbocycles. The van der Waals surface area contributed by atoms with Crippen LogP contribution >= 0.6 is 22.9 Å². The van der Waals surface area contributed by atoms with Crippen molar-refractivity contribution >= 4 is 38.3 Å². The average Bonchev–Trinajstić information content (AvgIpc) is 2.81. The van der Waals surface area contributed by atoms with E-state index in [4.69, 9.17) is 31.5 Å². The Hall–Kier alpha value is -1.40. The largest absolute Gasteiger partial charge is 0.488 e. The molecule has 5 nitrogen and oxygen atoms in total. The van der Waals surface area contributed by atoms with Crippen molar-refractivity contribution in [1.82, 2.24) is 4.98 Å². The first kappa shape index (κ1) is 15.0. The van der Waals surface area contributed by atoms with Gasteiger partial charge in [0, 0.05) is 0 Å². The Bertz CT molecular complexity index is 615. The standard InChI is InChI=1S/C13H17ClN2O3S/c1-4-17-9-7(14)12-8(16-13(15)20-12)10(18-5-2)11(9)19-6-3/h4-6H2,1-3H3,(H2,15,16). The Morgan fingerprint density at radius 3 is 2.15 bits per heavy atom. The smallest absolute Gasteiger partial charge is 0.207 e. The molecule has 0 aliphatic heterocycles. The number of hydrogen-bond donors (Lipinski definition) is 1. The first-order valence-corrected chi connectivity index (χ1v) is 7.63. The molecule has 0 aliphatic rings. The van der Waals surface area contributed by atoms with Crippen LogP contribution in [0.4, 0.5) is 5.13 Å². The lowest BCUT2D eigenvalue weighted by Crippen LogP contribution is -2.03. The third kappa shape index (κ3) is 2.58. The third-order valence-electron chi connectivity index (χ3n) is 2.54. The van der Waals surface area contributed by atoms with Crippen molar-refractivity contribution in [2.75, 3.05) is 25.6 Å². The highest BCUT2D eigenvalue weighted by atomic mass is 35.5. The second-order valence-corrected chi connectivity index (χ2v) is 5.24. The molecule has 0 unspecified atom stereocenters. The van der Waals surface area contributed by atoms with Gasteiger partial charge in [-0.25, -0.2) is 4.98 Å². The second kappa shape index (κ2) is 6.37. The van der Waals surface area contributed by atoms with Crippen LogP contribution in [0.15, 0.2) is 0 Å². The summed E-state index contributed by atoms with van der Waals surface area (Å²) in [6.07, 6.45) is 0. The van der Waals surface area contributed by atoms with E-state index in [0.717, 1.165) is 4.70 Å². The molecule has 0 fully saturated rings. The van der Waals surface area contributed by atoms with E-state index in [2.05, 4.69) is 4.98 Å². The van der Waals surface area contributed by atoms with Gasteiger partial charge in [-0.3, -0.25) is 0 Å². The van der Waals surface area contributed by atoms with Gasteiger partial charge in [0.25, 0.3) is 0 Å². The fourth-order valence-electron chi connectivity index (χ4n) is 1.88. The van der Waals surface area contributed by atoms with E-state index >= 15 is 0 Å². The van der Waals surface area contributed by atoms with Crippen molar-refractivity contribution in [2.24, 2.45) is 0 Å². The molecule has 0 atom stereocenters. The van der Waals surface area contributed by atoms with Gasteiger partial charge < -0.3 is 19.9 Å². The number of ether oxygens (including phenoxy) is 3. The third-order valence-corrected chi connectivity index (χ3v) is 3.91. The molecular weight excluding hydrogens is 300 g/mol. The Labute approximate surface area is 126 Å². The van der Waals surface area contributed by atoms with Gasteiger partial charge in [-0.2, -0.15) is 0 Å². The molecule has 2 aromatic rings. The number of nitrogen functional groups attached to an aromatic ring is 1. The van der Waals surface area contributed by atoms with Gasteiger partial charge in [0.2, 0.25) is 5.75 Å². The highest BCUT2D eigenvalue weighted by Crippen LogP contribution is 2.51. The Balaban J connectivity index is 2.78. The van der Waals surface area contributed by atoms with E-state index < -0.39 is 0 Å². The van der Waals surface area contributed by atoms with Crippen LogP contribution in [0.3, 0.4) is 0 Å². The molecular formula is C13H17ClN2O3S. The van der Waals surface area contributed by atoms with E-state index in [1.54, 1.807) is 0 Å². The fourth-order valence-corrected chi connectivity index (χ4v) is 2.99. The number of halogens is 1. The summed E-state index contributed by atoms with van der Waals surface area (Å²) >= 11 is 7.71. The molecule has 0 amide bonds. The van der Waals surface area contributed by atoms with Crippen molar-refractivity contribution in [2.45, 2.75) is 20.8 Å². The Kier molecular flexibility index (Phi) is 4.77. The minimum atomic E-state index is 0.430. The van der Waals surface area contributed by atoms with Crippen molar-refractivity contribution in [3.8, 4) is 17.2 Å². The lowest BCUT2D eigenvalue weighted by molar-refractivity contribution is 0.263. The minimum Gasteiger partial charge on any atom is -0.488 e. The first-order valence-electron chi connectivity index (χ1n) is 6.43. The molecule has 0 bridgehead atoms. The lowest BCUT2D eigenvalue weighted by Gasteiger charge is -2.17. The molecule has 2 rings (SSSR count). The van der Waals surface area contributed by atoms with Crippen LogP contribution in [0.5, 0.6) is 17.2 Å². The monoisotopic (exact) mass is 316 g/mol. The zero-order valence-electron chi connectivity index (χ0n) is 11.7. The van der Waals surface area contributed by atoms with Crippen molar-refractivity contribution in [3.05, 3.63) is 5.02 Å². The predicted octanol–water partition coefficient (Wildman–Crippen LogP) is 3.73. The highest BCUT2D eigenvalue weighted by molar-refractivity contribution is 7.22. The Morgan fingerprint density at radius 2 is 1.55 bits per heavy atom. The number of thiazole rings is 1. The maximum Gasteiger partial charge on any atom is 0.207 e. The number of rotatable bonds is 6. The van der Waals surface area contributed by atoms with Crippen LogP contribution in [-0.4, -0.2) is 24.8 Å². The quantitative estimate of drug-likeness (QED) is 0.879. The fraction of sp³-hybridized carbons (Fsp3) is 0.462. The number of hydrogen-bond acceptors (Lipinski definition) is 6. The van der Waals surface area contributed by atoms with Crippen LogP contribution in [0.25, 0.3) is 10.2 Å². The minimum absolute atomic E-state index is 0.430. The summed E-state index contributed by atoms with van der Waals surface area (Å²) in [5.41, 5.74) is 6.40. The molecule has 0 saturated heterocycles. The zero-order chi connectivity index (χ0) is 14.7. The van der Waals surface area contributed by atoms with Crippen LogP contribution in [0.2, 0.25) is 5.02 Å². The summed E-state index contributed by atoms with van der Waals surface area (Å²) in [6.45, 7) is 7.11.